The third kappa shape index (κ3) is 12.5. The number of anilines is 2. The van der Waals surface area contributed by atoms with E-state index in [1.54, 1.807) is 60.7 Å². The first-order chi connectivity index (χ1) is 37.4. The molecule has 0 bridgehead atoms. The van der Waals surface area contributed by atoms with Crippen LogP contribution in [-0.2, 0) is 71.9 Å². The molecule has 0 saturated carbocycles. The Morgan fingerprint density at radius 2 is 1.00 bits per heavy atom. The fraction of sp³-hybridized carbons (Fsp3) is 0.259. The summed E-state index contributed by atoms with van der Waals surface area (Å²) in [6.45, 7) is -0.261. The number of primary sulfonamides is 1. The molecule has 2 aliphatic carbocycles. The molecule has 18 nitrogen and oxygen atoms in total. The van der Waals surface area contributed by atoms with Crippen molar-refractivity contribution >= 4 is 31.4 Å². The number of aromatic nitrogens is 6. The molecule has 4 heterocycles. The van der Waals surface area contributed by atoms with Gasteiger partial charge in [-0.15, -0.1) is 0 Å². The zero-order valence-corrected chi connectivity index (χ0v) is 44.0. The second kappa shape index (κ2) is 23.3. The van der Waals surface area contributed by atoms with E-state index in [1.807, 2.05) is 24.3 Å². The van der Waals surface area contributed by atoms with Gasteiger partial charge in [0.25, 0.3) is 20.0 Å². The van der Waals surface area contributed by atoms with E-state index in [9.17, 15) is 30.0 Å². The van der Waals surface area contributed by atoms with Gasteiger partial charge in [-0.1, -0.05) is 48.5 Å². The van der Waals surface area contributed by atoms with E-state index in [2.05, 4.69) is 20.2 Å². The van der Waals surface area contributed by atoms with Crippen molar-refractivity contribution in [1.82, 2.24) is 33.8 Å². The Balaban J connectivity index is 0.000000211. The van der Waals surface area contributed by atoms with Crippen LogP contribution in [0.4, 0.5) is 28.9 Å². The van der Waals surface area contributed by atoms with Crippen LogP contribution in [-0.4, -0.2) is 78.1 Å². The zero-order valence-electron chi connectivity index (χ0n) is 42.3. The number of ether oxygens (including phenoxy) is 4. The summed E-state index contributed by atoms with van der Waals surface area (Å²) in [6, 6.07) is 27.3. The minimum atomic E-state index is -4.42. The maximum Gasteiger partial charge on any atom is 0.265 e. The monoisotopic (exact) mass is 1110 g/mol. The Morgan fingerprint density at radius 3 is 1.41 bits per heavy atom. The van der Waals surface area contributed by atoms with Crippen LogP contribution in [0, 0.1) is 23.5 Å². The van der Waals surface area contributed by atoms with Crippen LogP contribution in [0.25, 0.3) is 22.3 Å². The molecule has 6 N–H and O–H groups in total. The van der Waals surface area contributed by atoms with Gasteiger partial charge in [0.05, 0.1) is 39.7 Å². The number of methoxy groups -OCH3 is 2. The Hall–Kier alpha value is -8.06. The van der Waals surface area contributed by atoms with Gasteiger partial charge < -0.3 is 30.4 Å². The van der Waals surface area contributed by atoms with Crippen molar-refractivity contribution in [3.05, 3.63) is 166 Å². The molecule has 4 aromatic heterocycles. The SMILES string of the molecule is COc1ccc(CN(Cc2ccc(OC)cc2)S(=O)(=O)c2nn(CCOc3cc(-c4ccc5c(c4N)CCC5)cc(F)n3)cc2F)cc1.Nc1c(-c2cc(F)nc(OCCn3cc(F)c(S(N)(=O)=O)n3)c2)ccc2c1CCC2. The summed E-state index contributed by atoms with van der Waals surface area (Å²) in [7, 11) is -5.60. The van der Waals surface area contributed by atoms with Gasteiger partial charge in [-0.05, 0) is 107 Å². The summed E-state index contributed by atoms with van der Waals surface area (Å²) in [5.41, 5.74) is 22.4. The van der Waals surface area contributed by atoms with Crippen molar-refractivity contribution in [2.75, 3.05) is 38.9 Å². The molecule has 0 radical (unpaired) electrons. The maximum atomic E-state index is 15.3. The fourth-order valence-electron chi connectivity index (χ4n) is 9.36. The van der Waals surface area contributed by atoms with Crippen LogP contribution < -0.4 is 35.6 Å². The first-order valence-electron chi connectivity index (χ1n) is 24.5. The molecule has 4 aromatic carbocycles. The molecule has 0 amide bonds. The van der Waals surface area contributed by atoms with Gasteiger partial charge in [0.2, 0.25) is 33.7 Å². The van der Waals surface area contributed by atoms with Crippen LogP contribution in [0.1, 0.15) is 46.2 Å². The Labute approximate surface area is 447 Å². The standard InChI is InChI=1S/C35H35F2N5O5S.C19H19F2N5O3S/c1-45-27-11-6-23(7-12-27)20-42(21-24-8-13-28(46-2)14-9-24)48(43,44)35-31(36)22-41(40-35)16-17-47-33-19-26(18-32(37)39-33)30-15-10-25-4-3-5-29(25)34(30)38;20-15-10-26(25-19(15)30(23,27)28)6-7-29-17-9-12(8-16(21)24-17)14-5-4-11-2-1-3-13(11)18(14)22/h6-15,18-19,22H,3-5,16-17,20-21,38H2,1-2H3;4-5,8-10H,1-3,6-7,22H2,(H2,23,27,28). The predicted molar refractivity (Wildman–Crippen MR) is 281 cm³/mol. The van der Waals surface area contributed by atoms with Gasteiger partial charge in [0.15, 0.2) is 11.6 Å². The Bertz CT molecular complexity index is 3670. The van der Waals surface area contributed by atoms with Crippen LogP contribution in [0.3, 0.4) is 0 Å². The highest BCUT2D eigenvalue weighted by Crippen LogP contribution is 2.38. The molecule has 2 aliphatic rings. The third-order valence-electron chi connectivity index (χ3n) is 13.2. The van der Waals surface area contributed by atoms with Gasteiger partial charge in [-0.3, -0.25) is 9.36 Å². The Morgan fingerprint density at radius 1 is 0.577 bits per heavy atom. The molecule has 0 unspecified atom stereocenters. The van der Waals surface area contributed by atoms with Crippen molar-refractivity contribution in [2.45, 2.75) is 74.8 Å². The molecule has 24 heteroatoms. The quantitative estimate of drug-likeness (QED) is 0.0397. The second-order valence-electron chi connectivity index (χ2n) is 18.4. The molecular weight excluding hydrogens is 1060 g/mol. The summed E-state index contributed by atoms with van der Waals surface area (Å²) in [4.78, 5) is 7.53. The highest BCUT2D eigenvalue weighted by molar-refractivity contribution is 7.89. The maximum absolute atomic E-state index is 15.3. The normalized spacial score (nSPS) is 13.0. The third-order valence-corrected chi connectivity index (χ3v) is 15.7. The lowest BCUT2D eigenvalue weighted by molar-refractivity contribution is 0.276. The molecule has 0 spiro atoms. The molecule has 10 rings (SSSR count). The molecule has 0 fully saturated rings. The minimum absolute atomic E-state index is 0.000943. The van der Waals surface area contributed by atoms with E-state index >= 15 is 4.39 Å². The zero-order chi connectivity index (χ0) is 55.3. The number of pyridine rings is 2. The molecule has 0 saturated heterocycles. The van der Waals surface area contributed by atoms with Crippen molar-refractivity contribution in [2.24, 2.45) is 5.14 Å². The van der Waals surface area contributed by atoms with E-state index in [4.69, 9.17) is 35.6 Å². The van der Waals surface area contributed by atoms with Crippen LogP contribution in [0.5, 0.6) is 23.3 Å². The number of rotatable bonds is 19. The predicted octanol–water partition coefficient (Wildman–Crippen LogP) is 7.80. The first-order valence-corrected chi connectivity index (χ1v) is 27.5. The van der Waals surface area contributed by atoms with Gasteiger partial charge in [0, 0.05) is 59.9 Å². The molecule has 8 aromatic rings. The largest absolute Gasteiger partial charge is 0.497 e. The van der Waals surface area contributed by atoms with E-state index in [0.717, 1.165) is 75.7 Å². The molecule has 0 aliphatic heterocycles. The first kappa shape index (κ1) is 54.7. The summed E-state index contributed by atoms with van der Waals surface area (Å²) in [6.07, 6.45) is 7.69. The number of nitrogens with two attached hydrogens (primary N) is 3. The van der Waals surface area contributed by atoms with Crippen LogP contribution in [0.15, 0.2) is 120 Å². The summed E-state index contributed by atoms with van der Waals surface area (Å²) >= 11 is 0. The highest BCUT2D eigenvalue weighted by Gasteiger charge is 2.32. The lowest BCUT2D eigenvalue weighted by Gasteiger charge is -2.21. The summed E-state index contributed by atoms with van der Waals surface area (Å²) in [5, 5.41) is 11.0. The van der Waals surface area contributed by atoms with Gasteiger partial charge in [-0.25, -0.2) is 30.8 Å². The number of sulfonamides is 2. The highest BCUT2D eigenvalue weighted by atomic mass is 32.2. The van der Waals surface area contributed by atoms with Gasteiger partial charge in [0.1, 0.15) is 24.7 Å². The smallest absolute Gasteiger partial charge is 0.265 e. The van der Waals surface area contributed by atoms with Gasteiger partial charge in [-0.2, -0.15) is 33.3 Å². The molecule has 78 heavy (non-hydrogen) atoms. The lowest BCUT2D eigenvalue weighted by Crippen LogP contribution is -2.31. The number of nitrogen functional groups attached to an aromatic ring is 2. The average molecular weight is 1110 g/mol. The number of aryl methyl sites for hydroxylation is 2. The number of fused-ring (bicyclic) bond motifs is 2. The van der Waals surface area contributed by atoms with Crippen LogP contribution in [0.2, 0.25) is 0 Å². The van der Waals surface area contributed by atoms with Crippen molar-refractivity contribution in [1.29, 1.82) is 0 Å². The van der Waals surface area contributed by atoms with E-state index < -0.39 is 53.6 Å². The number of benzene rings is 4. The van der Waals surface area contributed by atoms with Crippen molar-refractivity contribution in [3.8, 4) is 45.5 Å². The summed E-state index contributed by atoms with van der Waals surface area (Å²) < 4.78 is 133. The topological polar surface area (TPSA) is 248 Å². The summed E-state index contributed by atoms with van der Waals surface area (Å²) in [5.74, 6) is -2.28. The molecule has 408 valence electrons. The molecule has 0 atom stereocenters. The second-order valence-corrected chi connectivity index (χ2v) is 21.7. The number of hydrogen-bond acceptors (Lipinski definition) is 14. The number of nitrogens with zero attached hydrogens (tertiary/aromatic N) is 7. The fourth-order valence-corrected chi connectivity index (χ4v) is 11.3. The van der Waals surface area contributed by atoms with E-state index in [-0.39, 0.29) is 51.2 Å². The number of halogens is 4. The van der Waals surface area contributed by atoms with Crippen molar-refractivity contribution in [3.63, 3.8) is 0 Å². The van der Waals surface area contributed by atoms with Gasteiger partial charge >= 0.3 is 0 Å². The van der Waals surface area contributed by atoms with E-state index in [1.165, 1.54) is 37.5 Å². The Kier molecular flexibility index (Phi) is 16.3. The average Bonchev–Trinajstić information content (AvgIpc) is 4.32. The minimum Gasteiger partial charge on any atom is -0.497 e. The lowest BCUT2D eigenvalue weighted by atomic mass is 9.98. The van der Waals surface area contributed by atoms with E-state index in [0.29, 0.717) is 56.3 Å². The van der Waals surface area contributed by atoms with Crippen molar-refractivity contribution < 1.29 is 53.3 Å². The molecular formula is C54H54F4N10O8S2. The number of hydrogen-bond donors (Lipinski definition) is 3. The van der Waals surface area contributed by atoms with Crippen LogP contribution >= 0.6 is 0 Å².